The van der Waals surface area contributed by atoms with Crippen LogP contribution >= 0.6 is 0 Å². The average molecular weight is 236 g/mol. The maximum Gasteiger partial charge on any atom is 0.250 e. The largest absolute Gasteiger partial charge is 0.370 e. The highest BCUT2D eigenvalue weighted by atomic mass is 16.5. The molecule has 0 saturated heterocycles. The third-order valence-corrected chi connectivity index (χ3v) is 2.73. The van der Waals surface area contributed by atoms with Crippen molar-refractivity contribution in [3.63, 3.8) is 0 Å². The highest BCUT2D eigenvalue weighted by Crippen LogP contribution is 2.13. The van der Waals surface area contributed by atoms with Crippen LogP contribution in [0.4, 0.5) is 0 Å². The lowest BCUT2D eigenvalue weighted by molar-refractivity contribution is -0.131. The zero-order valence-electron chi connectivity index (χ0n) is 10.6. The van der Waals surface area contributed by atoms with Gasteiger partial charge in [-0.05, 0) is 19.4 Å². The summed E-state index contributed by atoms with van der Waals surface area (Å²) in [7, 11) is 1.48. The van der Waals surface area contributed by atoms with Crippen LogP contribution in [0.1, 0.15) is 24.1 Å². The van der Waals surface area contributed by atoms with Crippen molar-refractivity contribution in [3.8, 4) is 0 Å². The van der Waals surface area contributed by atoms with Crippen molar-refractivity contribution >= 4 is 5.91 Å². The van der Waals surface area contributed by atoms with Crippen molar-refractivity contribution in [2.75, 3.05) is 13.7 Å². The molecule has 1 aromatic carbocycles. The smallest absolute Gasteiger partial charge is 0.250 e. The summed E-state index contributed by atoms with van der Waals surface area (Å²) in [6.45, 7) is 4.15. The summed E-state index contributed by atoms with van der Waals surface area (Å²) in [6.07, 6.45) is -0.581. The molecule has 1 aromatic rings. The van der Waals surface area contributed by atoms with Crippen LogP contribution in [-0.2, 0) is 9.53 Å². The molecule has 1 amide bonds. The van der Waals surface area contributed by atoms with E-state index in [1.165, 1.54) is 12.7 Å². The average Bonchev–Trinajstić information content (AvgIpc) is 2.31. The summed E-state index contributed by atoms with van der Waals surface area (Å²) in [4.78, 5) is 11.7. The number of nitrogens with one attached hydrogen (secondary N) is 1. The first-order valence-electron chi connectivity index (χ1n) is 5.68. The van der Waals surface area contributed by atoms with E-state index in [0.29, 0.717) is 0 Å². The molecule has 4 nitrogen and oxygen atoms in total. The van der Waals surface area contributed by atoms with Crippen LogP contribution in [0.15, 0.2) is 24.3 Å². The standard InChI is InChI=1S/C13H20N2O2/c1-9-4-6-11(7-5-9)10(2)15-13(16)12(8-14)17-3/h4-7,10,12H,8,14H2,1-3H3,(H,15,16)/t10-,12?/m0/s1. The Bertz CT molecular complexity index is 358. The topological polar surface area (TPSA) is 64.3 Å². The molecule has 0 fully saturated rings. The molecule has 0 radical (unpaired) electrons. The number of rotatable bonds is 5. The van der Waals surface area contributed by atoms with Gasteiger partial charge < -0.3 is 15.8 Å². The fourth-order valence-electron chi connectivity index (χ4n) is 1.56. The molecule has 2 atom stereocenters. The lowest BCUT2D eigenvalue weighted by atomic mass is 10.1. The van der Waals surface area contributed by atoms with Crippen LogP contribution in [0, 0.1) is 6.92 Å². The Kier molecular flexibility index (Phi) is 5.12. The van der Waals surface area contributed by atoms with Gasteiger partial charge in [0.2, 0.25) is 0 Å². The molecular weight excluding hydrogens is 216 g/mol. The molecule has 0 aliphatic rings. The van der Waals surface area contributed by atoms with E-state index >= 15 is 0 Å². The fraction of sp³-hybridized carbons (Fsp3) is 0.462. The van der Waals surface area contributed by atoms with E-state index in [1.807, 2.05) is 38.1 Å². The van der Waals surface area contributed by atoms with Crippen LogP contribution in [0.3, 0.4) is 0 Å². The number of amides is 1. The number of ether oxygens (including phenoxy) is 1. The second kappa shape index (κ2) is 6.37. The summed E-state index contributed by atoms with van der Waals surface area (Å²) in [6, 6.07) is 8.01. The normalized spacial score (nSPS) is 14.1. The van der Waals surface area contributed by atoms with Crippen molar-refractivity contribution in [1.82, 2.24) is 5.32 Å². The Labute approximate surface area is 102 Å². The SMILES string of the molecule is COC(CN)C(=O)N[C@@H](C)c1ccc(C)cc1. The second-order valence-electron chi connectivity index (χ2n) is 4.10. The molecule has 17 heavy (non-hydrogen) atoms. The van der Waals surface area contributed by atoms with E-state index in [0.717, 1.165) is 5.56 Å². The zero-order chi connectivity index (χ0) is 12.8. The molecule has 1 rings (SSSR count). The van der Waals surface area contributed by atoms with Crippen LogP contribution in [0.5, 0.6) is 0 Å². The van der Waals surface area contributed by atoms with Crippen molar-refractivity contribution in [1.29, 1.82) is 0 Å². The van der Waals surface area contributed by atoms with Gasteiger partial charge in [0, 0.05) is 13.7 Å². The van der Waals surface area contributed by atoms with E-state index in [4.69, 9.17) is 10.5 Å². The van der Waals surface area contributed by atoms with E-state index in [2.05, 4.69) is 5.32 Å². The number of benzene rings is 1. The minimum atomic E-state index is -0.581. The predicted octanol–water partition coefficient (Wildman–Crippen LogP) is 1.15. The van der Waals surface area contributed by atoms with Crippen molar-refractivity contribution in [2.24, 2.45) is 5.73 Å². The number of hydrogen-bond acceptors (Lipinski definition) is 3. The Morgan fingerprint density at radius 1 is 1.41 bits per heavy atom. The summed E-state index contributed by atoms with van der Waals surface area (Å²) in [5.74, 6) is -0.178. The Balaban J connectivity index is 2.62. The first-order chi connectivity index (χ1) is 8.08. The fourth-order valence-corrected chi connectivity index (χ4v) is 1.56. The lowest BCUT2D eigenvalue weighted by Crippen LogP contribution is -2.41. The molecule has 94 valence electrons. The minimum Gasteiger partial charge on any atom is -0.370 e. The summed E-state index contributed by atoms with van der Waals surface area (Å²) >= 11 is 0. The number of methoxy groups -OCH3 is 1. The summed E-state index contributed by atoms with van der Waals surface area (Å²) in [5.41, 5.74) is 7.70. The molecule has 0 bridgehead atoms. The quantitative estimate of drug-likeness (QED) is 0.806. The molecule has 0 heterocycles. The number of nitrogens with two attached hydrogens (primary N) is 1. The van der Waals surface area contributed by atoms with Gasteiger partial charge in [-0.2, -0.15) is 0 Å². The van der Waals surface area contributed by atoms with Crippen LogP contribution in [0.25, 0.3) is 0 Å². The second-order valence-corrected chi connectivity index (χ2v) is 4.10. The predicted molar refractivity (Wildman–Crippen MR) is 67.6 cm³/mol. The molecule has 0 aromatic heterocycles. The van der Waals surface area contributed by atoms with E-state index in [1.54, 1.807) is 0 Å². The van der Waals surface area contributed by atoms with E-state index in [-0.39, 0.29) is 18.5 Å². The first kappa shape index (κ1) is 13.7. The monoisotopic (exact) mass is 236 g/mol. The van der Waals surface area contributed by atoms with Gasteiger partial charge in [-0.3, -0.25) is 4.79 Å². The molecule has 1 unspecified atom stereocenters. The molecule has 3 N–H and O–H groups in total. The zero-order valence-corrected chi connectivity index (χ0v) is 10.6. The van der Waals surface area contributed by atoms with Gasteiger partial charge in [-0.1, -0.05) is 29.8 Å². The molecular formula is C13H20N2O2. The summed E-state index contributed by atoms with van der Waals surface area (Å²) in [5, 5.41) is 2.87. The Morgan fingerprint density at radius 2 is 2.00 bits per heavy atom. The number of hydrogen-bond donors (Lipinski definition) is 2. The van der Waals surface area contributed by atoms with Gasteiger partial charge in [0.1, 0.15) is 6.10 Å². The molecule has 0 aliphatic heterocycles. The van der Waals surface area contributed by atoms with Gasteiger partial charge >= 0.3 is 0 Å². The van der Waals surface area contributed by atoms with Crippen LogP contribution in [-0.4, -0.2) is 25.7 Å². The molecule has 4 heteroatoms. The summed E-state index contributed by atoms with van der Waals surface area (Å²) < 4.78 is 4.98. The van der Waals surface area contributed by atoms with Gasteiger partial charge in [0.05, 0.1) is 6.04 Å². The van der Waals surface area contributed by atoms with E-state index in [9.17, 15) is 4.79 Å². The molecule has 0 aliphatic carbocycles. The van der Waals surface area contributed by atoms with Crippen molar-refractivity contribution in [3.05, 3.63) is 35.4 Å². The Hall–Kier alpha value is -1.39. The van der Waals surface area contributed by atoms with Gasteiger partial charge in [0.15, 0.2) is 0 Å². The Morgan fingerprint density at radius 3 is 2.47 bits per heavy atom. The minimum absolute atomic E-state index is 0.0488. The van der Waals surface area contributed by atoms with Gasteiger partial charge in [0.25, 0.3) is 5.91 Å². The van der Waals surface area contributed by atoms with Crippen LogP contribution < -0.4 is 11.1 Å². The molecule has 0 spiro atoms. The maximum atomic E-state index is 11.7. The highest BCUT2D eigenvalue weighted by Gasteiger charge is 2.18. The van der Waals surface area contributed by atoms with Crippen molar-refractivity contribution in [2.45, 2.75) is 26.0 Å². The van der Waals surface area contributed by atoms with E-state index < -0.39 is 6.10 Å². The number of carbonyl (C=O) groups is 1. The first-order valence-corrected chi connectivity index (χ1v) is 5.68. The van der Waals surface area contributed by atoms with Crippen LogP contribution in [0.2, 0.25) is 0 Å². The highest BCUT2D eigenvalue weighted by molar-refractivity contribution is 5.81. The number of carbonyl (C=O) groups excluding carboxylic acids is 1. The lowest BCUT2D eigenvalue weighted by Gasteiger charge is -2.18. The molecule has 0 saturated carbocycles. The van der Waals surface area contributed by atoms with Crippen molar-refractivity contribution < 1.29 is 9.53 Å². The maximum absolute atomic E-state index is 11.7. The van der Waals surface area contributed by atoms with Gasteiger partial charge in [-0.25, -0.2) is 0 Å². The third-order valence-electron chi connectivity index (χ3n) is 2.73. The number of aryl methyl sites for hydroxylation is 1. The van der Waals surface area contributed by atoms with Gasteiger partial charge in [-0.15, -0.1) is 0 Å². The third kappa shape index (κ3) is 3.84.